The Kier molecular flexibility index (Phi) is 3.88. The fraction of sp³-hybridized carbons (Fsp3) is 0.167. The van der Waals surface area contributed by atoms with Crippen LogP contribution >= 0.6 is 11.3 Å². The van der Waals surface area contributed by atoms with E-state index in [-0.39, 0.29) is 10.0 Å². The van der Waals surface area contributed by atoms with Gasteiger partial charge in [-0.05, 0) is 42.8 Å². The fourth-order valence-electron chi connectivity index (χ4n) is 1.53. The number of hydrogen-bond donors (Lipinski definition) is 2. The molecule has 0 unspecified atom stereocenters. The average molecular weight is 300 g/mol. The minimum Gasteiger partial charge on any atom is -0.326 e. The normalized spacial score (nSPS) is 11.5. The molecule has 4 nitrogen and oxygen atoms in total. The summed E-state index contributed by atoms with van der Waals surface area (Å²) < 4.78 is 39.9. The van der Waals surface area contributed by atoms with Crippen molar-refractivity contribution in [3.05, 3.63) is 46.6 Å². The molecule has 0 saturated heterocycles. The lowest BCUT2D eigenvalue weighted by Crippen LogP contribution is -2.11. The number of nitrogens with one attached hydrogen (secondary N) is 1. The van der Waals surface area contributed by atoms with Crippen LogP contribution in [-0.4, -0.2) is 8.42 Å². The van der Waals surface area contributed by atoms with Crippen molar-refractivity contribution in [2.24, 2.45) is 5.73 Å². The van der Waals surface area contributed by atoms with Crippen LogP contribution in [0.4, 0.5) is 10.1 Å². The largest absolute Gasteiger partial charge is 0.326 e. The minimum atomic E-state index is -3.64. The highest BCUT2D eigenvalue weighted by atomic mass is 32.2. The Hall–Kier alpha value is -1.44. The van der Waals surface area contributed by atoms with E-state index in [1.165, 1.54) is 24.3 Å². The van der Waals surface area contributed by atoms with Crippen LogP contribution in [0.1, 0.15) is 10.4 Å². The van der Waals surface area contributed by atoms with Gasteiger partial charge >= 0.3 is 0 Å². The Morgan fingerprint density at radius 3 is 2.63 bits per heavy atom. The molecule has 2 rings (SSSR count). The molecule has 0 aliphatic rings. The summed E-state index contributed by atoms with van der Waals surface area (Å²) in [6, 6.07) is 7.25. The Bertz CT molecular complexity index is 696. The number of sulfonamides is 1. The molecule has 1 aromatic heterocycles. The Morgan fingerprint density at radius 2 is 2.05 bits per heavy atom. The van der Waals surface area contributed by atoms with Crippen molar-refractivity contribution in [1.29, 1.82) is 0 Å². The third-order valence-corrected chi connectivity index (χ3v) is 5.49. The molecule has 1 heterocycles. The zero-order valence-electron chi connectivity index (χ0n) is 10.2. The van der Waals surface area contributed by atoms with E-state index in [0.717, 1.165) is 16.2 Å². The lowest BCUT2D eigenvalue weighted by atomic mass is 10.2. The van der Waals surface area contributed by atoms with Gasteiger partial charge < -0.3 is 5.73 Å². The minimum absolute atomic E-state index is 0.190. The SMILES string of the molecule is Cc1cc(NS(=O)(=O)c2ccc(CN)s2)ccc1F. The molecule has 102 valence electrons. The number of anilines is 1. The predicted octanol–water partition coefficient (Wildman–Crippen LogP) is 2.46. The van der Waals surface area contributed by atoms with E-state index in [1.807, 2.05) is 0 Å². The summed E-state index contributed by atoms with van der Waals surface area (Å²) in [6.45, 7) is 1.88. The van der Waals surface area contributed by atoms with Gasteiger partial charge in [0, 0.05) is 17.1 Å². The van der Waals surface area contributed by atoms with E-state index >= 15 is 0 Å². The van der Waals surface area contributed by atoms with Crippen LogP contribution in [0.15, 0.2) is 34.5 Å². The summed E-state index contributed by atoms with van der Waals surface area (Å²) >= 11 is 1.12. The lowest BCUT2D eigenvalue weighted by molar-refractivity contribution is 0.602. The van der Waals surface area contributed by atoms with Gasteiger partial charge in [0.05, 0.1) is 0 Å². The maximum absolute atomic E-state index is 13.1. The molecule has 0 fully saturated rings. The quantitative estimate of drug-likeness (QED) is 0.911. The van der Waals surface area contributed by atoms with Gasteiger partial charge in [0.25, 0.3) is 10.0 Å². The monoisotopic (exact) mass is 300 g/mol. The molecule has 2 aromatic rings. The average Bonchev–Trinajstić information content (AvgIpc) is 2.83. The number of hydrogen-bond acceptors (Lipinski definition) is 4. The smallest absolute Gasteiger partial charge is 0.271 e. The summed E-state index contributed by atoms with van der Waals surface area (Å²) in [7, 11) is -3.64. The molecule has 7 heteroatoms. The van der Waals surface area contributed by atoms with Gasteiger partial charge in [-0.3, -0.25) is 4.72 Å². The Balaban J connectivity index is 2.28. The maximum Gasteiger partial charge on any atom is 0.271 e. The zero-order valence-corrected chi connectivity index (χ0v) is 11.8. The summed E-state index contributed by atoms with van der Waals surface area (Å²) in [5, 5.41) is 0. The molecule has 19 heavy (non-hydrogen) atoms. The van der Waals surface area contributed by atoms with Crippen molar-refractivity contribution in [2.45, 2.75) is 17.7 Å². The summed E-state index contributed by atoms with van der Waals surface area (Å²) in [4.78, 5) is 0.788. The molecule has 0 radical (unpaired) electrons. The number of thiophene rings is 1. The first-order chi connectivity index (χ1) is 8.92. The fourth-order valence-corrected chi connectivity index (χ4v) is 3.81. The number of halogens is 1. The number of rotatable bonds is 4. The molecule has 0 atom stereocenters. The molecule has 1 aromatic carbocycles. The van der Waals surface area contributed by atoms with Gasteiger partial charge in [-0.15, -0.1) is 11.3 Å². The maximum atomic E-state index is 13.1. The number of nitrogens with two attached hydrogens (primary N) is 1. The lowest BCUT2D eigenvalue weighted by Gasteiger charge is -2.07. The van der Waals surface area contributed by atoms with Crippen LogP contribution in [0.3, 0.4) is 0 Å². The topological polar surface area (TPSA) is 72.2 Å². The van der Waals surface area contributed by atoms with Crippen LogP contribution in [0.5, 0.6) is 0 Å². The van der Waals surface area contributed by atoms with Gasteiger partial charge in [-0.25, -0.2) is 12.8 Å². The molecular weight excluding hydrogens is 287 g/mol. The highest BCUT2D eigenvalue weighted by molar-refractivity contribution is 7.94. The molecule has 3 N–H and O–H groups in total. The third-order valence-electron chi connectivity index (χ3n) is 2.51. The molecule has 0 aliphatic carbocycles. The highest BCUT2D eigenvalue weighted by Crippen LogP contribution is 2.24. The summed E-state index contributed by atoms with van der Waals surface area (Å²) in [5.41, 5.74) is 6.17. The predicted molar refractivity (Wildman–Crippen MR) is 74.2 cm³/mol. The van der Waals surface area contributed by atoms with E-state index in [0.29, 0.717) is 17.8 Å². The van der Waals surface area contributed by atoms with Crippen molar-refractivity contribution in [3.63, 3.8) is 0 Å². The van der Waals surface area contributed by atoms with Crippen molar-refractivity contribution in [3.8, 4) is 0 Å². The zero-order chi connectivity index (χ0) is 14.0. The van der Waals surface area contributed by atoms with Gasteiger partial charge in [0.2, 0.25) is 0 Å². The van der Waals surface area contributed by atoms with Crippen molar-refractivity contribution >= 4 is 27.0 Å². The van der Waals surface area contributed by atoms with Gasteiger partial charge in [-0.1, -0.05) is 0 Å². The van der Waals surface area contributed by atoms with Crippen molar-refractivity contribution in [1.82, 2.24) is 0 Å². The van der Waals surface area contributed by atoms with Gasteiger partial charge in [-0.2, -0.15) is 0 Å². The first kappa shape index (κ1) is 14.0. The summed E-state index contributed by atoms with van der Waals surface area (Å²) in [6.07, 6.45) is 0. The summed E-state index contributed by atoms with van der Waals surface area (Å²) in [5.74, 6) is -0.371. The first-order valence-electron chi connectivity index (χ1n) is 5.50. The van der Waals surface area contributed by atoms with Crippen LogP contribution in [0, 0.1) is 12.7 Å². The van der Waals surface area contributed by atoms with E-state index in [9.17, 15) is 12.8 Å². The molecule has 0 saturated carbocycles. The number of aryl methyl sites for hydroxylation is 1. The van der Waals surface area contributed by atoms with E-state index < -0.39 is 10.0 Å². The van der Waals surface area contributed by atoms with Crippen molar-refractivity contribution in [2.75, 3.05) is 4.72 Å². The molecule has 0 spiro atoms. The first-order valence-corrected chi connectivity index (χ1v) is 7.80. The Labute approximate surface area is 115 Å². The van der Waals surface area contributed by atoms with Crippen LogP contribution in [0.2, 0.25) is 0 Å². The van der Waals surface area contributed by atoms with Crippen molar-refractivity contribution < 1.29 is 12.8 Å². The van der Waals surface area contributed by atoms with Gasteiger partial charge in [0.1, 0.15) is 10.0 Å². The van der Waals surface area contributed by atoms with Crippen LogP contribution in [0.25, 0.3) is 0 Å². The molecule has 0 aliphatic heterocycles. The molecule has 0 amide bonds. The van der Waals surface area contributed by atoms with Gasteiger partial charge in [0.15, 0.2) is 0 Å². The molecule has 0 bridgehead atoms. The second-order valence-electron chi connectivity index (χ2n) is 3.99. The Morgan fingerprint density at radius 1 is 1.32 bits per heavy atom. The van der Waals surface area contributed by atoms with Crippen LogP contribution in [-0.2, 0) is 16.6 Å². The highest BCUT2D eigenvalue weighted by Gasteiger charge is 2.17. The standard InChI is InChI=1S/C12H13FN2O2S2/c1-8-6-9(2-4-11(8)13)15-19(16,17)12-5-3-10(7-14)18-12/h2-6,15H,7,14H2,1H3. The second-order valence-corrected chi connectivity index (χ2v) is 7.07. The molecular formula is C12H13FN2O2S2. The number of benzene rings is 1. The van der Waals surface area contributed by atoms with E-state index in [4.69, 9.17) is 5.73 Å². The van der Waals surface area contributed by atoms with E-state index in [2.05, 4.69) is 4.72 Å². The van der Waals surface area contributed by atoms with E-state index in [1.54, 1.807) is 13.0 Å². The third kappa shape index (κ3) is 3.12. The van der Waals surface area contributed by atoms with Crippen LogP contribution < -0.4 is 10.5 Å². The second kappa shape index (κ2) is 5.28.